The molecule has 5 aromatic rings. The number of hydrogen-bond acceptors (Lipinski definition) is 7. The number of hydrogen-bond donors (Lipinski definition) is 0. The average molecular weight is 743 g/mol. The summed E-state index contributed by atoms with van der Waals surface area (Å²) in [5.74, 6) is 2.19. The second-order valence-corrected chi connectivity index (χ2v) is 13.4. The Morgan fingerprint density at radius 2 is 1.53 bits per heavy atom. The largest absolute Gasteiger partial charge is 0.492 e. The molecule has 0 aliphatic carbocycles. The number of halogens is 3. The van der Waals surface area contributed by atoms with Crippen LogP contribution < -0.4 is 14.2 Å². The molecule has 0 radical (unpaired) electrons. The number of rotatable bonds is 14. The third-order valence-electron chi connectivity index (χ3n) is 8.65. The van der Waals surface area contributed by atoms with Crippen molar-refractivity contribution < 1.29 is 19.0 Å². The third-order valence-corrected chi connectivity index (χ3v) is 9.61. The summed E-state index contributed by atoms with van der Waals surface area (Å²) in [4.78, 5) is 20.8. The number of ether oxygens (including phenoxy) is 3. The Bertz CT molecular complexity index is 1940. The molecular weight excluding hydrogens is 705 g/mol. The van der Waals surface area contributed by atoms with Gasteiger partial charge in [-0.3, -0.25) is 9.69 Å². The van der Waals surface area contributed by atoms with Gasteiger partial charge in [0.25, 0.3) is 0 Å². The van der Waals surface area contributed by atoms with E-state index in [1.54, 1.807) is 24.4 Å². The maximum atomic E-state index is 11.8. The maximum absolute atomic E-state index is 11.8. The van der Waals surface area contributed by atoms with E-state index in [2.05, 4.69) is 39.0 Å². The lowest BCUT2D eigenvalue weighted by atomic mass is 10.1. The molecule has 262 valence electrons. The molecule has 1 aliphatic rings. The van der Waals surface area contributed by atoms with Crippen LogP contribution in [0.1, 0.15) is 27.8 Å². The van der Waals surface area contributed by atoms with E-state index < -0.39 is 0 Å². The van der Waals surface area contributed by atoms with Gasteiger partial charge in [-0.15, -0.1) is 0 Å². The van der Waals surface area contributed by atoms with Crippen LogP contribution in [0.3, 0.4) is 0 Å². The first-order valence-corrected chi connectivity index (χ1v) is 17.9. The Labute approximate surface area is 313 Å². The van der Waals surface area contributed by atoms with Gasteiger partial charge in [0.1, 0.15) is 24.4 Å². The Balaban J connectivity index is 1.01. The zero-order valence-corrected chi connectivity index (χ0v) is 30.5. The molecule has 1 aromatic heterocycles. The molecule has 7 nitrogen and oxygen atoms in total. The number of nitrogens with zero attached hydrogens (tertiary/aromatic N) is 3. The molecule has 51 heavy (non-hydrogen) atoms. The van der Waals surface area contributed by atoms with Crippen molar-refractivity contribution in [2.75, 3.05) is 32.8 Å². The monoisotopic (exact) mass is 741 g/mol. The number of carbonyl (C=O) groups is 1. The zero-order chi connectivity index (χ0) is 35.6. The van der Waals surface area contributed by atoms with Crippen LogP contribution in [0.4, 0.5) is 0 Å². The SMILES string of the molecule is Cc1cc(/C(=C\C=O)N2CCN(Cc3ccc(CCOc4ccccc4Cl)cc3)CC2)cc(Cl)c1Oc1ccc(OCc2ccccc2Cl)cn1. The molecule has 4 aromatic carbocycles. The van der Waals surface area contributed by atoms with Crippen LogP contribution >= 0.6 is 34.8 Å². The van der Waals surface area contributed by atoms with Gasteiger partial charge < -0.3 is 19.1 Å². The highest BCUT2D eigenvalue weighted by Gasteiger charge is 2.22. The van der Waals surface area contributed by atoms with Crippen LogP contribution in [-0.4, -0.2) is 53.9 Å². The Morgan fingerprint density at radius 3 is 2.22 bits per heavy atom. The summed E-state index contributed by atoms with van der Waals surface area (Å²) in [7, 11) is 0. The van der Waals surface area contributed by atoms with Crippen LogP contribution in [0.2, 0.25) is 15.1 Å². The van der Waals surface area contributed by atoms with Gasteiger partial charge in [0.05, 0.1) is 22.8 Å². The second kappa shape index (κ2) is 17.6. The Hall–Kier alpha value is -4.53. The average Bonchev–Trinajstić information content (AvgIpc) is 3.14. The van der Waals surface area contributed by atoms with Crippen LogP contribution in [0.25, 0.3) is 5.70 Å². The summed E-state index contributed by atoms with van der Waals surface area (Å²) >= 11 is 19.2. The standard InChI is InChI=1S/C41H38Cl3N3O4/c1-29-24-33(25-37(44)41(29)51-40-15-14-34(26-45-40)50-28-32-6-2-3-7-35(32)42)38(16-22-48)47-20-18-46(19-21-47)27-31-12-10-30(11-13-31)17-23-49-39-9-5-4-8-36(39)43/h2-16,22,24-26H,17-21,23,27-28H2,1H3/b38-16+. The fourth-order valence-electron chi connectivity index (χ4n) is 5.91. The number of para-hydroxylation sites is 1. The molecule has 0 bridgehead atoms. The molecule has 1 fully saturated rings. The molecule has 2 heterocycles. The van der Waals surface area contributed by atoms with E-state index >= 15 is 0 Å². The number of piperazine rings is 1. The first-order valence-electron chi connectivity index (χ1n) is 16.7. The minimum atomic E-state index is 0.330. The predicted octanol–water partition coefficient (Wildman–Crippen LogP) is 9.70. The molecular formula is C41H38Cl3N3O4. The first-order chi connectivity index (χ1) is 24.9. The minimum Gasteiger partial charge on any atom is -0.492 e. The molecule has 10 heteroatoms. The smallest absolute Gasteiger partial charge is 0.219 e. The molecule has 0 atom stereocenters. The topological polar surface area (TPSA) is 64.1 Å². The van der Waals surface area contributed by atoms with Crippen molar-refractivity contribution in [1.29, 1.82) is 0 Å². The van der Waals surface area contributed by atoms with Gasteiger partial charge in [-0.2, -0.15) is 0 Å². The van der Waals surface area contributed by atoms with Crippen molar-refractivity contribution >= 4 is 46.8 Å². The summed E-state index contributed by atoms with van der Waals surface area (Å²) in [5, 5.41) is 1.71. The number of pyridine rings is 1. The number of carbonyl (C=O) groups excluding carboxylic acids is 1. The highest BCUT2D eigenvalue weighted by atomic mass is 35.5. The van der Waals surface area contributed by atoms with Crippen molar-refractivity contribution in [3.63, 3.8) is 0 Å². The van der Waals surface area contributed by atoms with E-state index in [1.165, 1.54) is 11.1 Å². The summed E-state index contributed by atoms with van der Waals surface area (Å²) in [5.41, 5.74) is 5.89. The van der Waals surface area contributed by atoms with E-state index in [0.29, 0.717) is 51.4 Å². The quantitative estimate of drug-likeness (QED) is 0.0830. The van der Waals surface area contributed by atoms with E-state index in [-0.39, 0.29) is 0 Å². The summed E-state index contributed by atoms with van der Waals surface area (Å²) < 4.78 is 17.8. The fourth-order valence-corrected chi connectivity index (χ4v) is 6.59. The van der Waals surface area contributed by atoms with Crippen molar-refractivity contribution in [3.05, 3.63) is 152 Å². The summed E-state index contributed by atoms with van der Waals surface area (Å²) in [6.45, 7) is 6.97. The molecule has 6 rings (SSSR count). The van der Waals surface area contributed by atoms with Crippen LogP contribution in [0, 0.1) is 6.92 Å². The van der Waals surface area contributed by atoms with Gasteiger partial charge in [-0.25, -0.2) is 4.98 Å². The number of benzene rings is 4. The van der Waals surface area contributed by atoms with Crippen molar-refractivity contribution in [3.8, 4) is 23.1 Å². The molecule has 0 unspecified atom stereocenters. The van der Waals surface area contributed by atoms with E-state index in [9.17, 15) is 4.79 Å². The van der Waals surface area contributed by atoms with Gasteiger partial charge in [0.15, 0.2) is 5.75 Å². The van der Waals surface area contributed by atoms with Gasteiger partial charge in [0, 0.05) is 67.6 Å². The van der Waals surface area contributed by atoms with Crippen LogP contribution in [0.15, 0.2) is 109 Å². The summed E-state index contributed by atoms with van der Waals surface area (Å²) in [6, 6.07) is 31.1. The number of allylic oxidation sites excluding steroid dienone is 1. The maximum Gasteiger partial charge on any atom is 0.219 e. The highest BCUT2D eigenvalue weighted by Crippen LogP contribution is 2.36. The van der Waals surface area contributed by atoms with E-state index in [0.717, 1.165) is 67.8 Å². The highest BCUT2D eigenvalue weighted by molar-refractivity contribution is 6.32. The molecule has 0 saturated carbocycles. The lowest BCUT2D eigenvalue weighted by Crippen LogP contribution is -2.45. The minimum absolute atomic E-state index is 0.330. The second-order valence-electron chi connectivity index (χ2n) is 12.2. The number of aromatic nitrogens is 1. The zero-order valence-electron chi connectivity index (χ0n) is 28.2. The summed E-state index contributed by atoms with van der Waals surface area (Å²) in [6.07, 6.45) is 4.84. The van der Waals surface area contributed by atoms with Gasteiger partial charge in [0.2, 0.25) is 5.88 Å². The Kier molecular flexibility index (Phi) is 12.5. The molecule has 1 aliphatic heterocycles. The fraction of sp³-hybridized carbons (Fsp3) is 0.220. The third kappa shape index (κ3) is 9.83. The molecule has 1 saturated heterocycles. The lowest BCUT2D eigenvalue weighted by molar-refractivity contribution is -0.104. The van der Waals surface area contributed by atoms with Crippen LogP contribution in [0.5, 0.6) is 23.1 Å². The Morgan fingerprint density at radius 1 is 0.804 bits per heavy atom. The van der Waals surface area contributed by atoms with E-state index in [1.807, 2.05) is 67.6 Å². The van der Waals surface area contributed by atoms with Crippen molar-refractivity contribution in [1.82, 2.24) is 14.8 Å². The van der Waals surface area contributed by atoms with Crippen molar-refractivity contribution in [2.24, 2.45) is 0 Å². The lowest BCUT2D eigenvalue weighted by Gasteiger charge is -2.37. The van der Waals surface area contributed by atoms with E-state index in [4.69, 9.17) is 49.0 Å². The first kappa shape index (κ1) is 36.3. The number of aryl methyl sites for hydroxylation is 1. The van der Waals surface area contributed by atoms with Gasteiger partial charge in [-0.1, -0.05) is 89.4 Å². The van der Waals surface area contributed by atoms with Gasteiger partial charge >= 0.3 is 0 Å². The van der Waals surface area contributed by atoms with Crippen molar-refractivity contribution in [2.45, 2.75) is 26.5 Å². The normalized spacial score (nSPS) is 13.6. The molecule has 0 amide bonds. The predicted molar refractivity (Wildman–Crippen MR) is 204 cm³/mol. The van der Waals surface area contributed by atoms with Gasteiger partial charge in [-0.05, 0) is 65.6 Å². The number of aldehydes is 1. The van der Waals surface area contributed by atoms with Crippen LogP contribution in [-0.2, 0) is 24.4 Å². The molecule has 0 N–H and O–H groups in total. The molecule has 0 spiro atoms.